The van der Waals surface area contributed by atoms with Crippen LogP contribution < -0.4 is 15.0 Å². The van der Waals surface area contributed by atoms with Crippen molar-refractivity contribution in [2.24, 2.45) is 0 Å². The van der Waals surface area contributed by atoms with E-state index < -0.39 is 11.8 Å². The molecule has 0 radical (unpaired) electrons. The Hall–Kier alpha value is -3.57. The standard InChI is InChI=1S/C26H23ClN2O3/c1-4-32-21-13-11-20(12-14-21)28-24-23(18-8-5-16(2)6-9-18)25(30)29(26(24)31)22-15-19(27)10-7-17(22)3/h5-15,28H,4H2,1-3H3. The molecule has 0 aromatic heterocycles. The predicted octanol–water partition coefficient (Wildman–Crippen LogP) is 5.75. The van der Waals surface area contributed by atoms with Crippen LogP contribution in [-0.4, -0.2) is 18.4 Å². The lowest BCUT2D eigenvalue weighted by Crippen LogP contribution is -2.33. The van der Waals surface area contributed by atoms with Crippen LogP contribution in [0.25, 0.3) is 5.57 Å². The van der Waals surface area contributed by atoms with Gasteiger partial charge in [0, 0.05) is 10.7 Å². The van der Waals surface area contributed by atoms with Gasteiger partial charge in [-0.1, -0.05) is 47.5 Å². The SMILES string of the molecule is CCOc1ccc(NC2=C(c3ccc(C)cc3)C(=O)N(c3cc(Cl)ccc3C)C2=O)cc1. The zero-order chi connectivity index (χ0) is 22.8. The average Bonchev–Trinajstić information content (AvgIpc) is 3.01. The topological polar surface area (TPSA) is 58.6 Å². The molecule has 5 nitrogen and oxygen atoms in total. The van der Waals surface area contributed by atoms with Crippen molar-refractivity contribution in [2.75, 3.05) is 16.8 Å². The fraction of sp³-hybridized carbons (Fsp3) is 0.154. The number of nitrogens with zero attached hydrogens (tertiary/aromatic N) is 1. The number of nitrogens with one attached hydrogen (secondary N) is 1. The van der Waals surface area contributed by atoms with Crippen molar-refractivity contribution in [1.82, 2.24) is 0 Å². The first-order chi connectivity index (χ1) is 15.4. The normalized spacial score (nSPS) is 13.7. The maximum absolute atomic E-state index is 13.5. The molecule has 0 spiro atoms. The van der Waals surface area contributed by atoms with Gasteiger partial charge in [0.1, 0.15) is 11.4 Å². The minimum atomic E-state index is -0.426. The van der Waals surface area contributed by atoms with E-state index in [9.17, 15) is 9.59 Å². The first-order valence-electron chi connectivity index (χ1n) is 10.3. The number of halogens is 1. The Morgan fingerprint density at radius 2 is 1.59 bits per heavy atom. The Morgan fingerprint density at radius 1 is 0.906 bits per heavy atom. The second kappa shape index (κ2) is 8.89. The lowest BCUT2D eigenvalue weighted by Gasteiger charge is -2.18. The molecule has 32 heavy (non-hydrogen) atoms. The van der Waals surface area contributed by atoms with Gasteiger partial charge in [0.25, 0.3) is 11.8 Å². The second-order valence-corrected chi connectivity index (χ2v) is 8.01. The Morgan fingerprint density at radius 3 is 2.25 bits per heavy atom. The van der Waals surface area contributed by atoms with Crippen molar-refractivity contribution >= 4 is 40.4 Å². The number of anilines is 2. The van der Waals surface area contributed by atoms with E-state index in [0.717, 1.165) is 16.9 Å². The highest BCUT2D eigenvalue weighted by atomic mass is 35.5. The van der Waals surface area contributed by atoms with Crippen LogP contribution in [0.4, 0.5) is 11.4 Å². The maximum Gasteiger partial charge on any atom is 0.282 e. The van der Waals surface area contributed by atoms with Crippen LogP contribution in [-0.2, 0) is 9.59 Å². The molecule has 3 aromatic carbocycles. The maximum atomic E-state index is 13.5. The molecular formula is C26H23ClN2O3. The minimum absolute atomic E-state index is 0.224. The van der Waals surface area contributed by atoms with Crippen LogP contribution in [0.2, 0.25) is 5.02 Å². The molecule has 3 aromatic rings. The number of hydrogen-bond donors (Lipinski definition) is 1. The molecular weight excluding hydrogens is 424 g/mol. The highest BCUT2D eigenvalue weighted by Crippen LogP contribution is 2.36. The van der Waals surface area contributed by atoms with Crippen molar-refractivity contribution < 1.29 is 14.3 Å². The first kappa shape index (κ1) is 21.7. The van der Waals surface area contributed by atoms with Crippen LogP contribution in [0.5, 0.6) is 5.75 Å². The van der Waals surface area contributed by atoms with Gasteiger partial charge in [-0.3, -0.25) is 9.59 Å². The van der Waals surface area contributed by atoms with Crippen LogP contribution in [0, 0.1) is 13.8 Å². The van der Waals surface area contributed by atoms with E-state index >= 15 is 0 Å². The zero-order valence-electron chi connectivity index (χ0n) is 18.1. The van der Waals surface area contributed by atoms with Gasteiger partial charge < -0.3 is 10.1 Å². The summed E-state index contributed by atoms with van der Waals surface area (Å²) in [4.78, 5) is 28.3. The lowest BCUT2D eigenvalue weighted by atomic mass is 10.0. The number of carbonyl (C=O) groups excluding carboxylic acids is 2. The van der Waals surface area contributed by atoms with Crippen LogP contribution in [0.1, 0.15) is 23.6 Å². The van der Waals surface area contributed by atoms with Gasteiger partial charge >= 0.3 is 0 Å². The molecule has 6 heteroatoms. The molecule has 4 rings (SSSR count). The number of ether oxygens (including phenoxy) is 1. The molecule has 0 aliphatic carbocycles. The van der Waals surface area contributed by atoms with E-state index in [4.69, 9.17) is 16.3 Å². The summed E-state index contributed by atoms with van der Waals surface area (Å²) in [7, 11) is 0. The van der Waals surface area contributed by atoms with Crippen LogP contribution in [0.15, 0.2) is 72.4 Å². The van der Waals surface area contributed by atoms with Crippen molar-refractivity contribution in [3.63, 3.8) is 0 Å². The number of benzene rings is 3. The average molecular weight is 447 g/mol. The number of amides is 2. The van der Waals surface area contributed by atoms with E-state index in [0.29, 0.717) is 34.1 Å². The fourth-order valence-corrected chi connectivity index (χ4v) is 3.79. The molecule has 2 amide bonds. The molecule has 0 saturated carbocycles. The van der Waals surface area contributed by atoms with Gasteiger partial charge in [0.2, 0.25) is 0 Å². The fourth-order valence-electron chi connectivity index (χ4n) is 3.62. The predicted molar refractivity (Wildman–Crippen MR) is 128 cm³/mol. The Kier molecular flexibility index (Phi) is 6.01. The Balaban J connectivity index is 1.79. The minimum Gasteiger partial charge on any atom is -0.494 e. The van der Waals surface area contributed by atoms with Gasteiger partial charge in [-0.2, -0.15) is 0 Å². The molecule has 1 aliphatic heterocycles. The summed E-state index contributed by atoms with van der Waals surface area (Å²) in [6.45, 7) is 6.30. The first-order valence-corrected chi connectivity index (χ1v) is 10.7. The summed E-state index contributed by atoms with van der Waals surface area (Å²) in [6, 6.07) is 20.0. The van der Waals surface area contributed by atoms with Gasteiger partial charge in [-0.05, 0) is 68.3 Å². The molecule has 0 bridgehead atoms. The quantitative estimate of drug-likeness (QED) is 0.489. The summed E-state index contributed by atoms with van der Waals surface area (Å²) in [5, 5.41) is 3.62. The number of hydrogen-bond acceptors (Lipinski definition) is 4. The van der Waals surface area contributed by atoms with Crippen LogP contribution >= 0.6 is 11.6 Å². The van der Waals surface area contributed by atoms with E-state index in [1.807, 2.05) is 69.3 Å². The van der Waals surface area contributed by atoms with E-state index in [1.54, 1.807) is 18.2 Å². The lowest BCUT2D eigenvalue weighted by molar-refractivity contribution is -0.120. The molecule has 1 aliphatic rings. The molecule has 1 heterocycles. The molecule has 0 saturated heterocycles. The number of aryl methyl sites for hydroxylation is 2. The second-order valence-electron chi connectivity index (χ2n) is 7.57. The summed E-state index contributed by atoms with van der Waals surface area (Å²) in [6.07, 6.45) is 0. The van der Waals surface area contributed by atoms with Crippen molar-refractivity contribution in [3.05, 3.63) is 94.1 Å². The Bertz CT molecular complexity index is 1210. The third kappa shape index (κ3) is 4.12. The van der Waals surface area contributed by atoms with E-state index in [2.05, 4.69) is 5.32 Å². The summed E-state index contributed by atoms with van der Waals surface area (Å²) < 4.78 is 5.49. The van der Waals surface area contributed by atoms with Crippen molar-refractivity contribution in [2.45, 2.75) is 20.8 Å². The van der Waals surface area contributed by atoms with Gasteiger partial charge in [0.05, 0.1) is 17.9 Å². The highest BCUT2D eigenvalue weighted by Gasteiger charge is 2.40. The Labute approximate surface area is 192 Å². The highest BCUT2D eigenvalue weighted by molar-refractivity contribution is 6.46. The number of carbonyl (C=O) groups is 2. The third-order valence-corrected chi connectivity index (χ3v) is 5.51. The third-order valence-electron chi connectivity index (χ3n) is 5.27. The molecule has 1 N–H and O–H groups in total. The smallest absolute Gasteiger partial charge is 0.282 e. The monoisotopic (exact) mass is 446 g/mol. The summed E-state index contributed by atoms with van der Waals surface area (Å²) >= 11 is 6.18. The van der Waals surface area contributed by atoms with Gasteiger partial charge in [-0.25, -0.2) is 4.90 Å². The van der Waals surface area contributed by atoms with Crippen molar-refractivity contribution in [1.29, 1.82) is 0 Å². The van der Waals surface area contributed by atoms with Gasteiger partial charge in [-0.15, -0.1) is 0 Å². The molecule has 0 fully saturated rings. The summed E-state index contributed by atoms with van der Waals surface area (Å²) in [5.74, 6) is -0.0849. The van der Waals surface area contributed by atoms with Crippen molar-refractivity contribution in [3.8, 4) is 5.75 Å². The molecule has 162 valence electrons. The molecule has 0 unspecified atom stereocenters. The van der Waals surface area contributed by atoms with E-state index in [-0.39, 0.29) is 5.70 Å². The number of rotatable bonds is 6. The van der Waals surface area contributed by atoms with E-state index in [1.165, 1.54) is 4.90 Å². The summed E-state index contributed by atoms with van der Waals surface area (Å²) in [5.41, 5.74) is 4.21. The largest absolute Gasteiger partial charge is 0.494 e. The number of imide groups is 1. The van der Waals surface area contributed by atoms with Crippen LogP contribution in [0.3, 0.4) is 0 Å². The van der Waals surface area contributed by atoms with Gasteiger partial charge in [0.15, 0.2) is 0 Å². The molecule has 0 atom stereocenters. The zero-order valence-corrected chi connectivity index (χ0v) is 18.9.